The van der Waals surface area contributed by atoms with Gasteiger partial charge in [0.1, 0.15) is 0 Å². The summed E-state index contributed by atoms with van der Waals surface area (Å²) >= 11 is 0. The van der Waals surface area contributed by atoms with Gasteiger partial charge in [0.25, 0.3) is 0 Å². The Morgan fingerprint density at radius 1 is 1.20 bits per heavy atom. The minimum atomic E-state index is -0.811. The second-order valence-corrected chi connectivity index (χ2v) is 14.8. The maximum atomic E-state index is 2.50. The monoisotopic (exact) mass is 234 g/mol. The van der Waals surface area contributed by atoms with E-state index in [0.717, 1.165) is 0 Å². The van der Waals surface area contributed by atoms with Crippen LogP contribution in [0.5, 0.6) is 0 Å². The summed E-state index contributed by atoms with van der Waals surface area (Å²) in [7, 11) is -1.36. The van der Waals surface area contributed by atoms with Gasteiger partial charge < -0.3 is 0 Å². The Morgan fingerprint density at radius 2 is 1.93 bits per heavy atom. The van der Waals surface area contributed by atoms with Gasteiger partial charge in [-0.15, -0.1) is 0 Å². The highest BCUT2D eigenvalue weighted by molar-refractivity contribution is 6.80. The Balaban J connectivity index is 2.02. The van der Waals surface area contributed by atoms with Crippen LogP contribution in [0.15, 0.2) is 24.3 Å². The molecule has 1 aliphatic heterocycles. The molecule has 0 radical (unpaired) electrons. The third-order valence-corrected chi connectivity index (χ3v) is 9.28. The summed E-state index contributed by atoms with van der Waals surface area (Å²) in [6, 6.07) is 13.8. The fourth-order valence-electron chi connectivity index (χ4n) is 2.55. The van der Waals surface area contributed by atoms with Gasteiger partial charge in [-0.25, -0.2) is 0 Å². The molecule has 1 aliphatic rings. The second-order valence-electron chi connectivity index (χ2n) is 6.03. The molecule has 1 heterocycles. The second kappa shape index (κ2) is 4.26. The Kier molecular flexibility index (Phi) is 3.17. The minimum Gasteiger partial charge on any atom is -0.0696 e. The normalized spacial score (nSPS) is 20.3. The zero-order valence-electron chi connectivity index (χ0n) is 10.2. The molecule has 1 atom stereocenters. The molecule has 1 aromatic rings. The van der Waals surface area contributed by atoms with E-state index in [-0.39, 0.29) is 0 Å². The van der Waals surface area contributed by atoms with Crippen LogP contribution in [0.3, 0.4) is 0 Å². The van der Waals surface area contributed by atoms with Crippen LogP contribution in [0.1, 0.15) is 5.56 Å². The first-order valence-corrected chi connectivity index (χ1v) is 12.1. The fraction of sp³-hybridized carbons (Fsp3) is 0.538. The van der Waals surface area contributed by atoms with Gasteiger partial charge in [-0.1, -0.05) is 67.2 Å². The molecule has 0 aliphatic carbocycles. The molecule has 2 rings (SSSR count). The lowest BCUT2D eigenvalue weighted by Gasteiger charge is -2.18. The van der Waals surface area contributed by atoms with Gasteiger partial charge >= 0.3 is 0 Å². The zero-order chi connectivity index (χ0) is 10.9. The molecule has 0 saturated heterocycles. The fourth-order valence-corrected chi connectivity index (χ4v) is 10.1. The summed E-state index contributed by atoms with van der Waals surface area (Å²) in [5, 5.41) is 1.79. The number of hydrogen-bond donors (Lipinski definition) is 0. The first-order chi connectivity index (χ1) is 7.06. The molecule has 0 aromatic heterocycles. The lowest BCUT2D eigenvalue weighted by Crippen LogP contribution is -2.29. The zero-order valence-corrected chi connectivity index (χ0v) is 12.4. The molecular weight excluding hydrogens is 212 g/mol. The highest BCUT2D eigenvalue weighted by Crippen LogP contribution is 2.21. The van der Waals surface area contributed by atoms with E-state index in [1.165, 1.54) is 18.5 Å². The van der Waals surface area contributed by atoms with Crippen molar-refractivity contribution in [1.82, 2.24) is 0 Å². The van der Waals surface area contributed by atoms with E-state index in [4.69, 9.17) is 0 Å². The molecule has 0 fully saturated rings. The van der Waals surface area contributed by atoms with Gasteiger partial charge in [0, 0.05) is 8.07 Å². The predicted molar refractivity (Wildman–Crippen MR) is 74.7 cm³/mol. The van der Waals surface area contributed by atoms with E-state index in [2.05, 4.69) is 43.9 Å². The van der Waals surface area contributed by atoms with Crippen molar-refractivity contribution in [3.05, 3.63) is 29.8 Å². The van der Waals surface area contributed by atoms with Crippen molar-refractivity contribution in [2.45, 2.75) is 44.2 Å². The smallest absolute Gasteiger partial charge is 0.0696 e. The summed E-state index contributed by atoms with van der Waals surface area (Å²) < 4.78 is 0. The van der Waals surface area contributed by atoms with Crippen LogP contribution >= 0.6 is 0 Å². The van der Waals surface area contributed by atoms with E-state index in [9.17, 15) is 0 Å². The van der Waals surface area contributed by atoms with Gasteiger partial charge in [0.2, 0.25) is 0 Å². The van der Waals surface area contributed by atoms with Crippen LogP contribution in [-0.2, 0) is 6.42 Å². The Morgan fingerprint density at radius 3 is 2.67 bits per heavy atom. The van der Waals surface area contributed by atoms with E-state index in [1.807, 2.05) is 0 Å². The maximum absolute atomic E-state index is 2.50. The summed E-state index contributed by atoms with van der Waals surface area (Å²) in [4.78, 5) is 0. The summed E-state index contributed by atoms with van der Waals surface area (Å²) in [6.45, 7) is 7.51. The Labute approximate surface area is 96.3 Å². The highest BCUT2D eigenvalue weighted by Gasteiger charge is 2.25. The first kappa shape index (κ1) is 11.1. The summed E-state index contributed by atoms with van der Waals surface area (Å²) in [6.07, 6.45) is 1.37. The van der Waals surface area contributed by atoms with Gasteiger partial charge in [-0.3, -0.25) is 0 Å². The molecule has 1 unspecified atom stereocenters. The third kappa shape index (κ3) is 2.82. The average Bonchev–Trinajstić information content (AvgIpc) is 2.57. The van der Waals surface area contributed by atoms with Crippen molar-refractivity contribution in [3.63, 3.8) is 0 Å². The predicted octanol–water partition coefficient (Wildman–Crippen LogP) is 3.02. The van der Waals surface area contributed by atoms with E-state index in [1.54, 1.807) is 16.8 Å². The molecule has 0 bridgehead atoms. The summed E-state index contributed by atoms with van der Waals surface area (Å²) in [5.41, 5.74) is 1.67. The van der Waals surface area contributed by atoms with Crippen molar-refractivity contribution in [1.29, 1.82) is 0 Å². The third-order valence-electron chi connectivity index (χ3n) is 3.50. The van der Waals surface area contributed by atoms with Gasteiger partial charge in [0.05, 0.1) is 8.80 Å². The lowest BCUT2D eigenvalue weighted by molar-refractivity contribution is 1.15. The van der Waals surface area contributed by atoms with Crippen molar-refractivity contribution in [2.24, 2.45) is 0 Å². The number of benzene rings is 1. The van der Waals surface area contributed by atoms with Crippen molar-refractivity contribution >= 4 is 22.1 Å². The molecule has 1 aromatic carbocycles. The van der Waals surface area contributed by atoms with Crippen molar-refractivity contribution in [3.8, 4) is 0 Å². The van der Waals surface area contributed by atoms with Crippen LogP contribution in [-0.4, -0.2) is 16.9 Å². The topological polar surface area (TPSA) is 0 Å². The number of fused-ring (bicyclic) bond motifs is 1. The van der Waals surface area contributed by atoms with E-state index >= 15 is 0 Å². The maximum Gasteiger partial charge on any atom is 0.0712 e. The van der Waals surface area contributed by atoms with Gasteiger partial charge in [-0.05, 0) is 12.0 Å². The molecule has 2 heteroatoms. The van der Waals surface area contributed by atoms with Crippen LogP contribution in [0.25, 0.3) is 0 Å². The molecule has 82 valence electrons. The average molecular weight is 234 g/mol. The quantitative estimate of drug-likeness (QED) is 0.705. The molecule has 0 nitrogen and oxygen atoms in total. The molecule has 15 heavy (non-hydrogen) atoms. The molecule has 0 N–H and O–H groups in total. The van der Waals surface area contributed by atoms with Crippen molar-refractivity contribution < 1.29 is 0 Å². The van der Waals surface area contributed by atoms with Crippen LogP contribution in [0.4, 0.5) is 0 Å². The van der Waals surface area contributed by atoms with E-state index < -0.39 is 16.9 Å². The van der Waals surface area contributed by atoms with Crippen LogP contribution in [0.2, 0.25) is 37.8 Å². The number of hydrogen-bond acceptors (Lipinski definition) is 0. The van der Waals surface area contributed by atoms with Crippen LogP contribution in [0, 0.1) is 0 Å². The Hall–Kier alpha value is -0.346. The molecule has 0 amide bonds. The SMILES string of the molecule is C[Si](C)(C)CC[SiH]1CCc2ccccc21. The lowest BCUT2D eigenvalue weighted by atomic mass is 10.2. The number of aryl methyl sites for hydroxylation is 1. The van der Waals surface area contributed by atoms with Crippen LogP contribution < -0.4 is 5.19 Å². The van der Waals surface area contributed by atoms with Crippen molar-refractivity contribution in [2.75, 3.05) is 0 Å². The van der Waals surface area contributed by atoms with Gasteiger partial charge in [0.15, 0.2) is 0 Å². The standard InChI is InChI=1S/C13H22Si2/c1-15(2,3)11-10-14-9-8-12-6-4-5-7-13(12)14/h4-7,14H,8-11H2,1-3H3. The largest absolute Gasteiger partial charge is 0.0712 e. The first-order valence-electron chi connectivity index (χ1n) is 6.14. The number of rotatable bonds is 3. The molecular formula is C13H22Si2. The van der Waals surface area contributed by atoms with E-state index in [0.29, 0.717) is 0 Å². The molecule has 0 saturated carbocycles. The summed E-state index contributed by atoms with van der Waals surface area (Å²) in [5.74, 6) is 0. The Bertz CT molecular complexity index is 339. The highest BCUT2D eigenvalue weighted by atomic mass is 28.3. The molecule has 0 spiro atoms. The minimum absolute atomic E-state index is 0.544. The van der Waals surface area contributed by atoms with Gasteiger partial charge in [-0.2, -0.15) is 0 Å².